The molecule has 40 heavy (non-hydrogen) atoms. The molecular weight excluding hydrogens is 520 g/mol. The van der Waals surface area contributed by atoms with E-state index in [1.54, 1.807) is 50.2 Å². The van der Waals surface area contributed by atoms with E-state index in [1.807, 2.05) is 0 Å². The number of terminal acetylenes is 1. The molecule has 0 radical (unpaired) electrons. The molecule has 3 rings (SSSR count). The maximum Gasteiger partial charge on any atom is 0.338 e. The second-order valence-electron chi connectivity index (χ2n) is 8.15. The fraction of sp³-hybridized carbons (Fsp3) is 0.286. The molecule has 2 aromatic carbocycles. The van der Waals surface area contributed by atoms with Gasteiger partial charge < -0.3 is 34.3 Å². The van der Waals surface area contributed by atoms with Crippen molar-refractivity contribution in [3.05, 3.63) is 58.8 Å². The molecule has 210 valence electrons. The van der Waals surface area contributed by atoms with Crippen molar-refractivity contribution < 1.29 is 38.1 Å². The maximum atomic E-state index is 12.6. The van der Waals surface area contributed by atoms with Gasteiger partial charge in [-0.2, -0.15) is 5.10 Å². The van der Waals surface area contributed by atoms with Crippen LogP contribution in [0.5, 0.6) is 23.0 Å². The Morgan fingerprint density at radius 2 is 1.90 bits per heavy atom. The highest BCUT2D eigenvalue weighted by Gasteiger charge is 2.32. The van der Waals surface area contributed by atoms with Gasteiger partial charge in [0, 0.05) is 11.3 Å². The number of allylic oxidation sites excluding steroid dienone is 1. The molecule has 1 atom stereocenters. The van der Waals surface area contributed by atoms with E-state index in [0.717, 1.165) is 0 Å². The first-order valence-corrected chi connectivity index (χ1v) is 12.1. The summed E-state index contributed by atoms with van der Waals surface area (Å²) in [6, 6.07) is 8.76. The number of ether oxygens (including phenoxy) is 5. The zero-order valence-corrected chi connectivity index (χ0v) is 22.5. The highest BCUT2D eigenvalue weighted by atomic mass is 16.5. The molecule has 1 heterocycles. The van der Waals surface area contributed by atoms with Crippen LogP contribution < -0.4 is 35.0 Å². The number of carbonyl (C=O) groups excluding carboxylic acids is 3. The van der Waals surface area contributed by atoms with E-state index in [2.05, 4.69) is 27.1 Å². The molecule has 12 nitrogen and oxygen atoms in total. The second kappa shape index (κ2) is 14.1. The Bertz CT molecular complexity index is 1360. The number of carbonyl (C=O) groups is 3. The molecule has 1 aliphatic rings. The minimum atomic E-state index is -0.778. The number of para-hydroxylation sites is 1. The minimum Gasteiger partial charge on any atom is -0.493 e. The van der Waals surface area contributed by atoms with Crippen LogP contribution >= 0.6 is 0 Å². The number of nitrogens with zero attached hydrogens (tertiary/aromatic N) is 1. The highest BCUT2D eigenvalue weighted by Crippen LogP contribution is 2.34. The molecule has 0 bridgehead atoms. The minimum absolute atomic E-state index is 0.0338. The van der Waals surface area contributed by atoms with Gasteiger partial charge in [0.05, 0.1) is 38.7 Å². The summed E-state index contributed by atoms with van der Waals surface area (Å²) in [6.45, 7) is 3.15. The Balaban J connectivity index is 1.69. The third kappa shape index (κ3) is 7.22. The van der Waals surface area contributed by atoms with Crippen LogP contribution in [0.25, 0.3) is 0 Å². The van der Waals surface area contributed by atoms with Gasteiger partial charge in [0.25, 0.3) is 5.91 Å². The highest BCUT2D eigenvalue weighted by molar-refractivity contribution is 5.95. The number of hydrogen-bond donors (Lipinski definition) is 3. The molecule has 0 aliphatic carbocycles. The van der Waals surface area contributed by atoms with Gasteiger partial charge in [-0.25, -0.2) is 15.0 Å². The predicted molar refractivity (Wildman–Crippen MR) is 145 cm³/mol. The third-order valence-corrected chi connectivity index (χ3v) is 5.57. The first kappa shape index (κ1) is 29.4. The summed E-state index contributed by atoms with van der Waals surface area (Å²) in [5.41, 5.74) is 4.12. The van der Waals surface area contributed by atoms with Crippen molar-refractivity contribution in [1.82, 2.24) is 16.1 Å². The first-order chi connectivity index (χ1) is 19.3. The summed E-state index contributed by atoms with van der Waals surface area (Å²) >= 11 is 0. The molecule has 0 saturated carbocycles. The summed E-state index contributed by atoms with van der Waals surface area (Å²) < 4.78 is 27.0. The smallest absolute Gasteiger partial charge is 0.338 e. The largest absolute Gasteiger partial charge is 0.493 e. The Labute approximate surface area is 231 Å². The summed E-state index contributed by atoms with van der Waals surface area (Å²) in [6.07, 6.45) is 6.67. The average Bonchev–Trinajstić information content (AvgIpc) is 2.94. The van der Waals surface area contributed by atoms with Crippen molar-refractivity contribution in [3.63, 3.8) is 0 Å². The van der Waals surface area contributed by atoms with Crippen LogP contribution in [0.15, 0.2) is 52.8 Å². The van der Waals surface area contributed by atoms with Crippen LogP contribution in [0.1, 0.15) is 31.0 Å². The van der Waals surface area contributed by atoms with Crippen LogP contribution in [0.3, 0.4) is 0 Å². The van der Waals surface area contributed by atoms with Crippen molar-refractivity contribution in [3.8, 4) is 35.3 Å². The van der Waals surface area contributed by atoms with Crippen LogP contribution in [0.4, 0.5) is 4.79 Å². The normalized spacial score (nSPS) is 14.5. The average molecular weight is 551 g/mol. The van der Waals surface area contributed by atoms with Gasteiger partial charge in [0.2, 0.25) is 0 Å². The molecule has 0 spiro atoms. The van der Waals surface area contributed by atoms with Crippen molar-refractivity contribution >= 4 is 24.1 Å². The molecule has 1 aliphatic heterocycles. The SMILES string of the molecule is C#CCOc1c(/C=N/NC(=O)COc2ccc([C@H]3NC(=O)NC(C)=C3C(=O)OCC)cc2OC)cccc1OC. The van der Waals surface area contributed by atoms with E-state index >= 15 is 0 Å². The number of hydrazone groups is 1. The van der Waals surface area contributed by atoms with Gasteiger partial charge in [0.1, 0.15) is 6.61 Å². The molecule has 3 N–H and O–H groups in total. The molecule has 3 amide bonds. The van der Waals surface area contributed by atoms with E-state index in [1.165, 1.54) is 20.4 Å². The molecule has 2 aromatic rings. The Hall–Kier alpha value is -5.18. The number of hydrogen-bond acceptors (Lipinski definition) is 9. The lowest BCUT2D eigenvalue weighted by Crippen LogP contribution is -2.45. The van der Waals surface area contributed by atoms with Gasteiger partial charge in [-0.1, -0.05) is 18.1 Å². The Kier molecular flexibility index (Phi) is 10.4. The van der Waals surface area contributed by atoms with E-state index in [-0.39, 0.29) is 36.9 Å². The summed E-state index contributed by atoms with van der Waals surface area (Å²) in [4.78, 5) is 37.0. The molecule has 0 fully saturated rings. The van der Waals surface area contributed by atoms with Gasteiger partial charge >= 0.3 is 12.0 Å². The first-order valence-electron chi connectivity index (χ1n) is 12.1. The van der Waals surface area contributed by atoms with Gasteiger partial charge in [-0.15, -0.1) is 6.42 Å². The number of esters is 1. The third-order valence-electron chi connectivity index (χ3n) is 5.57. The second-order valence-corrected chi connectivity index (χ2v) is 8.15. The molecule has 0 saturated heterocycles. The molecule has 0 unspecified atom stereocenters. The van der Waals surface area contributed by atoms with E-state index in [4.69, 9.17) is 30.1 Å². The van der Waals surface area contributed by atoms with Crippen molar-refractivity contribution in [2.75, 3.05) is 34.0 Å². The Morgan fingerprint density at radius 3 is 2.60 bits per heavy atom. The van der Waals surface area contributed by atoms with Crippen molar-refractivity contribution in [1.29, 1.82) is 0 Å². The number of methoxy groups -OCH3 is 2. The van der Waals surface area contributed by atoms with Crippen molar-refractivity contribution in [2.45, 2.75) is 19.9 Å². The number of amides is 3. The molecular formula is C28H30N4O8. The van der Waals surface area contributed by atoms with Gasteiger partial charge in [-0.05, 0) is 43.7 Å². The fourth-order valence-corrected chi connectivity index (χ4v) is 3.82. The lowest BCUT2D eigenvalue weighted by atomic mass is 9.95. The topological polar surface area (TPSA) is 146 Å². The number of urea groups is 1. The van der Waals surface area contributed by atoms with Crippen LogP contribution in [-0.2, 0) is 14.3 Å². The van der Waals surface area contributed by atoms with Crippen LogP contribution in [-0.4, -0.2) is 58.2 Å². The van der Waals surface area contributed by atoms with Crippen molar-refractivity contribution in [2.24, 2.45) is 5.10 Å². The van der Waals surface area contributed by atoms with Gasteiger partial charge in [-0.3, -0.25) is 4.79 Å². The fourth-order valence-electron chi connectivity index (χ4n) is 3.82. The van der Waals surface area contributed by atoms with E-state index < -0.39 is 23.9 Å². The number of benzene rings is 2. The monoisotopic (exact) mass is 550 g/mol. The number of nitrogens with one attached hydrogen (secondary N) is 3. The number of rotatable bonds is 12. The molecule has 0 aromatic heterocycles. The summed E-state index contributed by atoms with van der Waals surface area (Å²) in [7, 11) is 2.93. The summed E-state index contributed by atoms with van der Waals surface area (Å²) in [5, 5.41) is 9.25. The zero-order chi connectivity index (χ0) is 29.1. The predicted octanol–water partition coefficient (Wildman–Crippen LogP) is 2.44. The Morgan fingerprint density at radius 1 is 1.12 bits per heavy atom. The van der Waals surface area contributed by atoms with E-state index in [0.29, 0.717) is 28.3 Å². The zero-order valence-electron chi connectivity index (χ0n) is 22.5. The lowest BCUT2D eigenvalue weighted by molar-refractivity contribution is -0.139. The van der Waals surface area contributed by atoms with E-state index in [9.17, 15) is 14.4 Å². The maximum absolute atomic E-state index is 12.6. The lowest BCUT2D eigenvalue weighted by Gasteiger charge is -2.28. The standard InChI is InChI=1S/C28H30N4O8/c1-6-13-39-26-19(9-8-10-21(26)36-4)15-29-32-23(33)16-40-20-12-11-18(14-22(20)37-5)25-24(27(34)38-7-2)17(3)30-28(35)31-25/h1,8-12,14-15,25H,7,13,16H2,2-5H3,(H,32,33)(H2,30,31,35)/b29-15+/t25-/m1/s1. The molecule has 12 heteroatoms. The quantitative estimate of drug-likeness (QED) is 0.158. The van der Waals surface area contributed by atoms with Crippen LogP contribution in [0.2, 0.25) is 0 Å². The van der Waals surface area contributed by atoms with Crippen LogP contribution in [0, 0.1) is 12.3 Å². The van der Waals surface area contributed by atoms with Gasteiger partial charge in [0.15, 0.2) is 29.6 Å². The summed E-state index contributed by atoms with van der Waals surface area (Å²) in [5.74, 6) is 2.70.